The van der Waals surface area contributed by atoms with Crippen molar-refractivity contribution < 1.29 is 14.3 Å². The number of rotatable bonds is 6. The second-order valence-electron chi connectivity index (χ2n) is 3.94. The van der Waals surface area contributed by atoms with E-state index in [1.165, 1.54) is 18.4 Å². The summed E-state index contributed by atoms with van der Waals surface area (Å²) in [5.41, 5.74) is 1.59. The second kappa shape index (κ2) is 6.78. The molecule has 0 saturated heterocycles. The first-order valence-electron chi connectivity index (χ1n) is 5.86. The topological polar surface area (TPSA) is 73.3 Å². The summed E-state index contributed by atoms with van der Waals surface area (Å²) < 4.78 is 9.73. The van der Waals surface area contributed by atoms with Crippen LogP contribution in [-0.2, 0) is 22.6 Å². The highest BCUT2D eigenvalue weighted by atomic mass is 32.1. The van der Waals surface area contributed by atoms with E-state index in [0.717, 1.165) is 10.7 Å². The number of nitrogens with zero attached hydrogens (tertiary/aromatic N) is 2. The van der Waals surface area contributed by atoms with Gasteiger partial charge in [0.2, 0.25) is 0 Å². The molecule has 2 rings (SSSR count). The van der Waals surface area contributed by atoms with Crippen molar-refractivity contribution in [3.8, 4) is 0 Å². The molecule has 0 aliphatic heterocycles. The lowest BCUT2D eigenvalue weighted by atomic mass is 10.4. The standard InChI is InChI=1S/C12H15N3O3S2/c1-7-10(11(16)18-3)20-12(14-7)13-4-8-6-19-9(15-8)5-17-2/h6H,4-5H2,1-3H3,(H,13,14). The number of thiazole rings is 2. The summed E-state index contributed by atoms with van der Waals surface area (Å²) in [6.45, 7) is 2.87. The number of carbonyl (C=O) groups is 1. The molecule has 0 bridgehead atoms. The van der Waals surface area contributed by atoms with Crippen molar-refractivity contribution in [1.82, 2.24) is 9.97 Å². The molecule has 0 spiro atoms. The van der Waals surface area contributed by atoms with Gasteiger partial charge in [-0.1, -0.05) is 11.3 Å². The van der Waals surface area contributed by atoms with Crippen molar-refractivity contribution in [3.05, 3.63) is 26.7 Å². The van der Waals surface area contributed by atoms with E-state index in [-0.39, 0.29) is 5.97 Å². The number of aryl methyl sites for hydroxylation is 1. The van der Waals surface area contributed by atoms with Crippen LogP contribution in [0.15, 0.2) is 5.38 Å². The Balaban J connectivity index is 1.98. The molecule has 108 valence electrons. The molecule has 2 aromatic heterocycles. The van der Waals surface area contributed by atoms with Gasteiger partial charge < -0.3 is 14.8 Å². The van der Waals surface area contributed by atoms with Crippen molar-refractivity contribution in [2.24, 2.45) is 0 Å². The molecule has 2 heterocycles. The highest BCUT2D eigenvalue weighted by Crippen LogP contribution is 2.23. The van der Waals surface area contributed by atoms with Gasteiger partial charge in [-0.2, -0.15) is 0 Å². The van der Waals surface area contributed by atoms with Crippen molar-refractivity contribution in [2.45, 2.75) is 20.1 Å². The number of hydrogen-bond donors (Lipinski definition) is 1. The van der Waals surface area contributed by atoms with Gasteiger partial charge in [0.05, 0.1) is 31.6 Å². The SMILES string of the molecule is COCc1nc(CNc2nc(C)c(C(=O)OC)s2)cs1. The van der Waals surface area contributed by atoms with Crippen molar-refractivity contribution >= 4 is 33.8 Å². The first kappa shape index (κ1) is 14.9. The summed E-state index contributed by atoms with van der Waals surface area (Å²) in [5, 5.41) is 6.76. The molecule has 2 aromatic rings. The van der Waals surface area contributed by atoms with Crippen molar-refractivity contribution in [3.63, 3.8) is 0 Å². The minimum absolute atomic E-state index is 0.357. The van der Waals surface area contributed by atoms with E-state index in [2.05, 4.69) is 15.3 Å². The van der Waals surface area contributed by atoms with E-state index in [4.69, 9.17) is 9.47 Å². The monoisotopic (exact) mass is 313 g/mol. The molecule has 0 atom stereocenters. The molecule has 0 amide bonds. The first-order chi connectivity index (χ1) is 9.63. The quantitative estimate of drug-likeness (QED) is 0.826. The zero-order chi connectivity index (χ0) is 14.5. The van der Waals surface area contributed by atoms with Crippen LogP contribution in [0.2, 0.25) is 0 Å². The van der Waals surface area contributed by atoms with Gasteiger partial charge in [-0.25, -0.2) is 14.8 Å². The molecule has 20 heavy (non-hydrogen) atoms. The van der Waals surface area contributed by atoms with Gasteiger partial charge in [0.15, 0.2) is 5.13 Å². The zero-order valence-corrected chi connectivity index (χ0v) is 13.1. The van der Waals surface area contributed by atoms with Crippen LogP contribution < -0.4 is 5.32 Å². The summed E-state index contributed by atoms with van der Waals surface area (Å²) >= 11 is 2.84. The minimum Gasteiger partial charge on any atom is -0.465 e. The van der Waals surface area contributed by atoms with E-state index >= 15 is 0 Å². The number of anilines is 1. The highest BCUT2D eigenvalue weighted by Gasteiger charge is 2.15. The van der Waals surface area contributed by atoms with Gasteiger partial charge in [-0.3, -0.25) is 0 Å². The number of ether oxygens (including phenoxy) is 2. The average molecular weight is 313 g/mol. The number of carbonyl (C=O) groups excluding carboxylic acids is 1. The third-order valence-electron chi connectivity index (χ3n) is 2.46. The van der Waals surface area contributed by atoms with Gasteiger partial charge in [0, 0.05) is 12.5 Å². The Hall–Kier alpha value is -1.51. The van der Waals surface area contributed by atoms with Crippen LogP contribution >= 0.6 is 22.7 Å². The molecular weight excluding hydrogens is 298 g/mol. The third kappa shape index (κ3) is 3.53. The highest BCUT2D eigenvalue weighted by molar-refractivity contribution is 7.17. The lowest BCUT2D eigenvalue weighted by molar-refractivity contribution is 0.0605. The number of nitrogens with one attached hydrogen (secondary N) is 1. The first-order valence-corrected chi connectivity index (χ1v) is 7.55. The molecule has 0 fully saturated rings. The Morgan fingerprint density at radius 2 is 2.20 bits per heavy atom. The Bertz CT molecular complexity index is 595. The molecule has 1 N–H and O–H groups in total. The van der Waals surface area contributed by atoms with E-state index in [0.29, 0.717) is 28.9 Å². The van der Waals surface area contributed by atoms with Crippen LogP contribution in [0.3, 0.4) is 0 Å². The fourth-order valence-electron chi connectivity index (χ4n) is 1.54. The lowest BCUT2D eigenvalue weighted by Gasteiger charge is -1.98. The maximum atomic E-state index is 11.5. The maximum Gasteiger partial charge on any atom is 0.350 e. The molecule has 0 saturated carbocycles. The number of aromatic nitrogens is 2. The Morgan fingerprint density at radius 3 is 2.90 bits per heavy atom. The number of methoxy groups -OCH3 is 2. The fraction of sp³-hybridized carbons (Fsp3) is 0.417. The van der Waals surface area contributed by atoms with E-state index in [1.807, 2.05) is 5.38 Å². The van der Waals surface area contributed by atoms with Crippen LogP contribution in [0, 0.1) is 6.92 Å². The predicted octanol–water partition coefficient (Wildman–Crippen LogP) is 2.45. The van der Waals surface area contributed by atoms with Crippen LogP contribution in [-0.4, -0.2) is 30.2 Å². The van der Waals surface area contributed by atoms with E-state index < -0.39 is 0 Å². The molecule has 6 nitrogen and oxygen atoms in total. The van der Waals surface area contributed by atoms with Gasteiger partial charge in [0.1, 0.15) is 9.88 Å². The molecule has 8 heteroatoms. The van der Waals surface area contributed by atoms with E-state index in [1.54, 1.807) is 25.4 Å². The molecule has 0 radical (unpaired) electrons. The van der Waals surface area contributed by atoms with Gasteiger partial charge in [0.25, 0.3) is 0 Å². The summed E-state index contributed by atoms with van der Waals surface area (Å²) in [4.78, 5) is 20.7. The predicted molar refractivity (Wildman–Crippen MR) is 78.3 cm³/mol. The molecule has 0 unspecified atom stereocenters. The van der Waals surface area contributed by atoms with Gasteiger partial charge >= 0.3 is 5.97 Å². The Labute approximate surface area is 124 Å². The normalized spacial score (nSPS) is 10.6. The van der Waals surface area contributed by atoms with Crippen molar-refractivity contribution in [1.29, 1.82) is 0 Å². The molecular formula is C12H15N3O3S2. The largest absolute Gasteiger partial charge is 0.465 e. The average Bonchev–Trinajstić information content (AvgIpc) is 3.03. The fourth-order valence-corrected chi connectivity index (χ4v) is 3.18. The summed E-state index contributed by atoms with van der Waals surface area (Å²) in [5.74, 6) is -0.357. The van der Waals surface area contributed by atoms with Crippen LogP contribution in [0.25, 0.3) is 0 Å². The summed E-state index contributed by atoms with van der Waals surface area (Å²) in [6.07, 6.45) is 0. The minimum atomic E-state index is -0.357. The lowest BCUT2D eigenvalue weighted by Crippen LogP contribution is -1.99. The second-order valence-corrected chi connectivity index (χ2v) is 5.89. The number of hydrogen-bond acceptors (Lipinski definition) is 8. The van der Waals surface area contributed by atoms with Crippen LogP contribution in [0.5, 0.6) is 0 Å². The van der Waals surface area contributed by atoms with E-state index in [9.17, 15) is 4.79 Å². The zero-order valence-electron chi connectivity index (χ0n) is 11.4. The summed E-state index contributed by atoms with van der Waals surface area (Å²) in [7, 11) is 3.01. The molecule has 0 aliphatic carbocycles. The van der Waals surface area contributed by atoms with Crippen LogP contribution in [0.4, 0.5) is 5.13 Å². The van der Waals surface area contributed by atoms with Crippen LogP contribution in [0.1, 0.15) is 26.1 Å². The summed E-state index contributed by atoms with van der Waals surface area (Å²) in [6, 6.07) is 0. The molecule has 0 aromatic carbocycles. The third-order valence-corrected chi connectivity index (χ3v) is 4.42. The van der Waals surface area contributed by atoms with Crippen molar-refractivity contribution in [2.75, 3.05) is 19.5 Å². The Kier molecular flexibility index (Phi) is 5.05. The van der Waals surface area contributed by atoms with Gasteiger partial charge in [-0.05, 0) is 6.92 Å². The smallest absolute Gasteiger partial charge is 0.350 e. The Morgan fingerprint density at radius 1 is 1.40 bits per heavy atom. The maximum absolute atomic E-state index is 11.5. The number of esters is 1. The molecule has 0 aliphatic rings. The van der Waals surface area contributed by atoms with Gasteiger partial charge in [-0.15, -0.1) is 11.3 Å².